The fourth-order valence-corrected chi connectivity index (χ4v) is 5.12. The summed E-state index contributed by atoms with van der Waals surface area (Å²) in [5.41, 5.74) is 1.55. The molecule has 28 heavy (non-hydrogen) atoms. The molecule has 6 nitrogen and oxygen atoms in total. The molecular weight excluding hydrogens is 352 g/mol. The summed E-state index contributed by atoms with van der Waals surface area (Å²) in [7, 11) is 0. The molecule has 1 aromatic rings. The normalized spacial score (nSPS) is 23.2. The van der Waals surface area contributed by atoms with E-state index in [-0.39, 0.29) is 11.8 Å². The van der Waals surface area contributed by atoms with Gasteiger partial charge in [0.2, 0.25) is 0 Å². The minimum atomic E-state index is 0.0321. The second-order valence-corrected chi connectivity index (χ2v) is 8.60. The summed E-state index contributed by atoms with van der Waals surface area (Å²) in [5, 5.41) is 0. The first-order valence-corrected chi connectivity index (χ1v) is 11.4. The molecular formula is C22H34N4O2. The zero-order valence-electron chi connectivity index (χ0n) is 17.3. The molecule has 1 atom stereocenters. The molecule has 4 heterocycles. The smallest absolute Gasteiger partial charge is 0.290 e. The molecule has 1 unspecified atom stereocenters. The number of hydrogen-bond donors (Lipinski definition) is 0. The molecule has 6 heteroatoms. The minimum Gasteiger partial charge on any atom is -0.337 e. The fraction of sp³-hybridized carbons (Fsp3) is 0.773. The van der Waals surface area contributed by atoms with Gasteiger partial charge in [-0.05, 0) is 57.8 Å². The third kappa shape index (κ3) is 3.70. The lowest BCUT2D eigenvalue weighted by Gasteiger charge is -2.35. The third-order valence-electron chi connectivity index (χ3n) is 6.76. The summed E-state index contributed by atoms with van der Waals surface area (Å²) in [6, 6.07) is 0.308. The van der Waals surface area contributed by atoms with Crippen molar-refractivity contribution in [2.45, 2.75) is 90.1 Å². The van der Waals surface area contributed by atoms with Gasteiger partial charge in [0.25, 0.3) is 11.8 Å². The third-order valence-corrected chi connectivity index (χ3v) is 6.76. The van der Waals surface area contributed by atoms with Crippen LogP contribution in [-0.2, 0) is 13.0 Å². The Balaban J connectivity index is 1.65. The van der Waals surface area contributed by atoms with Gasteiger partial charge in [-0.1, -0.05) is 19.8 Å². The SMILES string of the molecule is CCC1CCCCN1C(=O)c1nc(C(=O)N2CCCCCC2)c2n1CCCC2. The first-order valence-electron chi connectivity index (χ1n) is 11.4. The van der Waals surface area contributed by atoms with Crippen LogP contribution in [0.15, 0.2) is 0 Å². The Morgan fingerprint density at radius 2 is 1.61 bits per heavy atom. The molecule has 154 valence electrons. The van der Waals surface area contributed by atoms with E-state index < -0.39 is 0 Å². The molecule has 3 aliphatic heterocycles. The summed E-state index contributed by atoms with van der Waals surface area (Å²) >= 11 is 0. The zero-order valence-corrected chi connectivity index (χ0v) is 17.3. The number of carbonyl (C=O) groups excluding carboxylic acids is 2. The van der Waals surface area contributed by atoms with Crippen molar-refractivity contribution in [3.8, 4) is 0 Å². The Labute approximate surface area is 168 Å². The van der Waals surface area contributed by atoms with E-state index in [1.54, 1.807) is 0 Å². The molecule has 0 radical (unpaired) electrons. The first-order chi connectivity index (χ1) is 13.7. The Bertz CT molecular complexity index is 718. The second-order valence-electron chi connectivity index (χ2n) is 8.60. The topological polar surface area (TPSA) is 58.4 Å². The standard InChI is InChI=1S/C22H34N4O2/c1-2-17-11-5-9-15-25(17)22(28)20-23-19(18-12-6-10-16-26(18)20)21(27)24-13-7-3-4-8-14-24/h17H,2-16H2,1H3. The van der Waals surface area contributed by atoms with Crippen molar-refractivity contribution in [1.82, 2.24) is 19.4 Å². The van der Waals surface area contributed by atoms with E-state index in [1.165, 1.54) is 19.3 Å². The van der Waals surface area contributed by atoms with Crippen LogP contribution in [0.1, 0.15) is 97.9 Å². The molecule has 2 fully saturated rings. The number of fused-ring (bicyclic) bond motifs is 1. The number of aromatic nitrogens is 2. The van der Waals surface area contributed by atoms with E-state index in [0.717, 1.165) is 83.2 Å². The number of amides is 2. The number of carbonyl (C=O) groups is 2. The van der Waals surface area contributed by atoms with Crippen LogP contribution in [0.3, 0.4) is 0 Å². The molecule has 2 saturated heterocycles. The van der Waals surface area contributed by atoms with Gasteiger partial charge in [-0.25, -0.2) is 4.98 Å². The van der Waals surface area contributed by atoms with E-state index in [2.05, 4.69) is 11.5 Å². The summed E-state index contributed by atoms with van der Waals surface area (Å²) in [5.74, 6) is 0.579. The second kappa shape index (κ2) is 8.66. The molecule has 4 rings (SSSR count). The maximum atomic E-state index is 13.4. The number of rotatable bonds is 3. The average Bonchev–Trinajstić information content (AvgIpc) is 2.92. The van der Waals surface area contributed by atoms with Gasteiger partial charge in [0, 0.05) is 32.2 Å². The van der Waals surface area contributed by atoms with Crippen molar-refractivity contribution in [2.75, 3.05) is 19.6 Å². The Kier molecular flexibility index (Phi) is 6.02. The number of imidazole rings is 1. The quantitative estimate of drug-likeness (QED) is 0.797. The molecule has 2 amide bonds. The molecule has 0 aliphatic carbocycles. The molecule has 0 aromatic carbocycles. The predicted octanol–water partition coefficient (Wildman–Crippen LogP) is 3.64. The van der Waals surface area contributed by atoms with Crippen LogP contribution in [0, 0.1) is 0 Å². The maximum Gasteiger partial charge on any atom is 0.290 e. The molecule has 1 aromatic heterocycles. The van der Waals surface area contributed by atoms with E-state index in [4.69, 9.17) is 4.98 Å². The van der Waals surface area contributed by atoms with Gasteiger partial charge in [-0.15, -0.1) is 0 Å². The van der Waals surface area contributed by atoms with Gasteiger partial charge in [0.1, 0.15) is 5.69 Å². The molecule has 0 N–H and O–H groups in total. The highest BCUT2D eigenvalue weighted by Gasteiger charge is 2.34. The van der Waals surface area contributed by atoms with E-state index >= 15 is 0 Å². The van der Waals surface area contributed by atoms with Crippen molar-refractivity contribution in [3.63, 3.8) is 0 Å². The summed E-state index contributed by atoms with van der Waals surface area (Å²) in [6.45, 7) is 5.42. The summed E-state index contributed by atoms with van der Waals surface area (Å²) in [4.78, 5) is 35.4. The highest BCUT2D eigenvalue weighted by Crippen LogP contribution is 2.27. The first kappa shape index (κ1) is 19.5. The van der Waals surface area contributed by atoms with Crippen LogP contribution < -0.4 is 0 Å². The largest absolute Gasteiger partial charge is 0.337 e. The van der Waals surface area contributed by atoms with Gasteiger partial charge in [-0.3, -0.25) is 9.59 Å². The van der Waals surface area contributed by atoms with E-state index in [0.29, 0.717) is 17.6 Å². The van der Waals surface area contributed by atoms with Crippen molar-refractivity contribution in [2.24, 2.45) is 0 Å². The highest BCUT2D eigenvalue weighted by molar-refractivity contribution is 5.97. The van der Waals surface area contributed by atoms with Crippen LogP contribution in [0.25, 0.3) is 0 Å². The predicted molar refractivity (Wildman–Crippen MR) is 109 cm³/mol. The van der Waals surface area contributed by atoms with Crippen LogP contribution in [0.4, 0.5) is 0 Å². The van der Waals surface area contributed by atoms with Crippen LogP contribution in [-0.4, -0.2) is 56.8 Å². The van der Waals surface area contributed by atoms with Crippen LogP contribution in [0.2, 0.25) is 0 Å². The summed E-state index contributed by atoms with van der Waals surface area (Å²) in [6.07, 6.45) is 11.8. The number of nitrogens with zero attached hydrogens (tertiary/aromatic N) is 4. The maximum absolute atomic E-state index is 13.4. The molecule has 3 aliphatic rings. The van der Waals surface area contributed by atoms with Crippen molar-refractivity contribution in [1.29, 1.82) is 0 Å². The number of likely N-dealkylation sites (tertiary alicyclic amines) is 2. The lowest BCUT2D eigenvalue weighted by molar-refractivity contribution is 0.0589. The van der Waals surface area contributed by atoms with Gasteiger partial charge in [0.05, 0.1) is 5.69 Å². The Hall–Kier alpha value is -1.85. The van der Waals surface area contributed by atoms with Gasteiger partial charge < -0.3 is 14.4 Å². The Morgan fingerprint density at radius 3 is 2.36 bits per heavy atom. The molecule has 0 spiro atoms. The lowest BCUT2D eigenvalue weighted by atomic mass is 10.00. The minimum absolute atomic E-state index is 0.0321. The van der Waals surface area contributed by atoms with Gasteiger partial charge in [-0.2, -0.15) is 0 Å². The van der Waals surface area contributed by atoms with E-state index in [9.17, 15) is 9.59 Å². The van der Waals surface area contributed by atoms with Crippen LogP contribution in [0.5, 0.6) is 0 Å². The molecule has 0 saturated carbocycles. The van der Waals surface area contributed by atoms with E-state index in [1.807, 2.05) is 9.80 Å². The monoisotopic (exact) mass is 386 g/mol. The summed E-state index contributed by atoms with van der Waals surface area (Å²) < 4.78 is 2.07. The average molecular weight is 387 g/mol. The zero-order chi connectivity index (χ0) is 19.5. The van der Waals surface area contributed by atoms with Crippen molar-refractivity contribution in [3.05, 3.63) is 17.2 Å². The Morgan fingerprint density at radius 1 is 0.893 bits per heavy atom. The highest BCUT2D eigenvalue weighted by atomic mass is 16.2. The number of hydrogen-bond acceptors (Lipinski definition) is 3. The lowest BCUT2D eigenvalue weighted by Crippen LogP contribution is -2.44. The molecule has 0 bridgehead atoms. The van der Waals surface area contributed by atoms with Gasteiger partial charge >= 0.3 is 0 Å². The fourth-order valence-electron chi connectivity index (χ4n) is 5.12. The van der Waals surface area contributed by atoms with Gasteiger partial charge in [0.15, 0.2) is 5.82 Å². The van der Waals surface area contributed by atoms with Crippen molar-refractivity contribution >= 4 is 11.8 Å². The van der Waals surface area contributed by atoms with Crippen molar-refractivity contribution < 1.29 is 9.59 Å². The van der Waals surface area contributed by atoms with Crippen LogP contribution >= 0.6 is 0 Å². The number of piperidine rings is 1.